The summed E-state index contributed by atoms with van der Waals surface area (Å²) in [5.41, 5.74) is 6.13. The molecule has 1 aromatic carbocycles. The third-order valence-corrected chi connectivity index (χ3v) is 3.48. The van der Waals surface area contributed by atoms with E-state index in [4.69, 9.17) is 5.73 Å². The normalized spacial score (nSPS) is 15.9. The maximum Gasteiger partial charge on any atom is 0.102 e. The summed E-state index contributed by atoms with van der Waals surface area (Å²) >= 11 is 0. The monoisotopic (exact) mass is 247 g/mol. The average molecular weight is 247 g/mol. The molecule has 1 rings (SSSR count). The molecule has 0 aliphatic rings. The van der Waals surface area contributed by atoms with E-state index in [1.807, 2.05) is 30.3 Å². The van der Waals surface area contributed by atoms with Crippen molar-refractivity contribution >= 4 is 0 Å². The van der Waals surface area contributed by atoms with Crippen molar-refractivity contribution in [2.75, 3.05) is 0 Å². The lowest BCUT2D eigenvalue weighted by molar-refractivity contribution is 0.0509. The van der Waals surface area contributed by atoms with Gasteiger partial charge in [0.1, 0.15) is 5.60 Å². The van der Waals surface area contributed by atoms with E-state index in [1.54, 1.807) is 6.08 Å². The fourth-order valence-corrected chi connectivity index (χ4v) is 2.17. The molecule has 2 unspecified atom stereocenters. The second kappa shape index (κ2) is 7.34. The summed E-state index contributed by atoms with van der Waals surface area (Å²) in [6.45, 7) is 5.92. The lowest BCUT2D eigenvalue weighted by Gasteiger charge is -2.31. The first-order chi connectivity index (χ1) is 8.64. The van der Waals surface area contributed by atoms with Crippen LogP contribution in [0.1, 0.15) is 50.6 Å². The number of aliphatic hydroxyl groups is 1. The first-order valence-corrected chi connectivity index (χ1v) is 6.80. The maximum atomic E-state index is 10.6. The van der Waals surface area contributed by atoms with Gasteiger partial charge in [-0.15, -0.1) is 6.58 Å². The van der Waals surface area contributed by atoms with Crippen LogP contribution in [-0.2, 0) is 0 Å². The van der Waals surface area contributed by atoms with Crippen molar-refractivity contribution in [2.24, 2.45) is 5.73 Å². The Hall–Kier alpha value is -1.12. The topological polar surface area (TPSA) is 46.2 Å². The summed E-state index contributed by atoms with van der Waals surface area (Å²) in [4.78, 5) is 0. The first-order valence-electron chi connectivity index (χ1n) is 6.80. The molecule has 18 heavy (non-hydrogen) atoms. The molecule has 0 saturated carbocycles. The highest BCUT2D eigenvalue weighted by Crippen LogP contribution is 2.29. The molecule has 0 aliphatic heterocycles. The van der Waals surface area contributed by atoms with Crippen LogP contribution in [-0.4, -0.2) is 10.7 Å². The van der Waals surface area contributed by atoms with Gasteiger partial charge in [0.2, 0.25) is 0 Å². The van der Waals surface area contributed by atoms with Gasteiger partial charge in [0.15, 0.2) is 0 Å². The largest absolute Gasteiger partial charge is 0.384 e. The minimum atomic E-state index is -1.00. The molecule has 0 aliphatic carbocycles. The number of hydrogen-bond donors (Lipinski definition) is 2. The summed E-state index contributed by atoms with van der Waals surface area (Å²) in [7, 11) is 0. The van der Waals surface area contributed by atoms with Gasteiger partial charge in [-0.2, -0.15) is 0 Å². The van der Waals surface area contributed by atoms with Crippen LogP contribution in [0.3, 0.4) is 0 Å². The predicted octanol–water partition coefficient (Wildman–Crippen LogP) is 3.57. The van der Waals surface area contributed by atoms with Crippen LogP contribution in [0.25, 0.3) is 0 Å². The van der Waals surface area contributed by atoms with Crippen LogP contribution in [0.4, 0.5) is 0 Å². The van der Waals surface area contributed by atoms with Crippen molar-refractivity contribution in [2.45, 2.75) is 50.7 Å². The summed E-state index contributed by atoms with van der Waals surface area (Å²) < 4.78 is 0. The van der Waals surface area contributed by atoms with Crippen LogP contribution >= 0.6 is 0 Å². The third-order valence-electron chi connectivity index (χ3n) is 3.48. The summed E-state index contributed by atoms with van der Waals surface area (Å²) in [6.07, 6.45) is 6.78. The zero-order valence-corrected chi connectivity index (χ0v) is 11.3. The number of hydrogen-bond acceptors (Lipinski definition) is 2. The fraction of sp³-hybridized carbons (Fsp3) is 0.500. The van der Waals surface area contributed by atoms with Gasteiger partial charge in [-0.25, -0.2) is 0 Å². The van der Waals surface area contributed by atoms with Crippen molar-refractivity contribution in [1.29, 1.82) is 0 Å². The number of unbranched alkanes of at least 4 members (excludes halogenated alkanes) is 3. The molecule has 2 heteroatoms. The molecule has 0 radical (unpaired) electrons. The fourth-order valence-electron chi connectivity index (χ4n) is 2.17. The lowest BCUT2D eigenvalue weighted by atomic mass is 9.85. The Bertz CT molecular complexity index is 349. The average Bonchev–Trinajstić information content (AvgIpc) is 2.43. The van der Waals surface area contributed by atoms with Crippen LogP contribution in [0.2, 0.25) is 0 Å². The Labute approximate surface area is 111 Å². The molecule has 3 N–H and O–H groups in total. The Morgan fingerprint density at radius 1 is 1.28 bits per heavy atom. The van der Waals surface area contributed by atoms with E-state index < -0.39 is 11.6 Å². The predicted molar refractivity (Wildman–Crippen MR) is 77.3 cm³/mol. The van der Waals surface area contributed by atoms with Gasteiger partial charge in [0, 0.05) is 0 Å². The molecule has 0 spiro atoms. The van der Waals surface area contributed by atoms with E-state index >= 15 is 0 Å². The van der Waals surface area contributed by atoms with Crippen molar-refractivity contribution < 1.29 is 5.11 Å². The quantitative estimate of drug-likeness (QED) is 0.545. The highest BCUT2D eigenvalue weighted by molar-refractivity contribution is 5.24. The summed E-state index contributed by atoms with van der Waals surface area (Å²) in [5.74, 6) is 0. The molecule has 0 heterocycles. The second-order valence-corrected chi connectivity index (χ2v) is 4.89. The Balaban J connectivity index is 2.65. The first kappa shape index (κ1) is 14.9. The highest BCUT2D eigenvalue weighted by atomic mass is 16.3. The van der Waals surface area contributed by atoms with E-state index in [9.17, 15) is 5.11 Å². The Kier molecular flexibility index (Phi) is 6.10. The molecule has 0 saturated heterocycles. The molecule has 1 aromatic rings. The van der Waals surface area contributed by atoms with Crippen LogP contribution < -0.4 is 5.73 Å². The van der Waals surface area contributed by atoms with Gasteiger partial charge in [-0.05, 0) is 12.0 Å². The number of nitrogens with two attached hydrogens (primary N) is 1. The minimum Gasteiger partial charge on any atom is -0.384 e. The van der Waals surface area contributed by atoms with Gasteiger partial charge in [-0.1, -0.05) is 69.0 Å². The molecule has 0 amide bonds. The van der Waals surface area contributed by atoms with Gasteiger partial charge < -0.3 is 10.8 Å². The van der Waals surface area contributed by atoms with Crippen LogP contribution in [0, 0.1) is 0 Å². The third kappa shape index (κ3) is 3.97. The smallest absolute Gasteiger partial charge is 0.102 e. The highest BCUT2D eigenvalue weighted by Gasteiger charge is 2.31. The van der Waals surface area contributed by atoms with Gasteiger partial charge in [0.05, 0.1) is 6.04 Å². The van der Waals surface area contributed by atoms with Crippen molar-refractivity contribution in [1.82, 2.24) is 0 Å². The van der Waals surface area contributed by atoms with Gasteiger partial charge in [0.25, 0.3) is 0 Å². The van der Waals surface area contributed by atoms with Gasteiger partial charge >= 0.3 is 0 Å². The zero-order chi connectivity index (χ0) is 13.4. The van der Waals surface area contributed by atoms with Crippen LogP contribution in [0.15, 0.2) is 43.0 Å². The molecule has 0 bridgehead atoms. The maximum absolute atomic E-state index is 10.6. The van der Waals surface area contributed by atoms with E-state index in [2.05, 4.69) is 13.5 Å². The molecule has 0 aromatic heterocycles. The molecule has 2 nitrogen and oxygen atoms in total. The number of rotatable bonds is 8. The Morgan fingerprint density at radius 2 is 1.94 bits per heavy atom. The van der Waals surface area contributed by atoms with Crippen LogP contribution in [0.5, 0.6) is 0 Å². The van der Waals surface area contributed by atoms with Gasteiger partial charge in [-0.3, -0.25) is 0 Å². The van der Waals surface area contributed by atoms with Crippen molar-refractivity contribution in [3.63, 3.8) is 0 Å². The number of benzene rings is 1. The molecule has 2 atom stereocenters. The molecular weight excluding hydrogens is 222 g/mol. The summed E-state index contributed by atoms with van der Waals surface area (Å²) in [5, 5.41) is 10.6. The zero-order valence-electron chi connectivity index (χ0n) is 11.3. The lowest BCUT2D eigenvalue weighted by Crippen LogP contribution is -2.39. The van der Waals surface area contributed by atoms with E-state index in [0.717, 1.165) is 18.4 Å². The summed E-state index contributed by atoms with van der Waals surface area (Å²) in [6, 6.07) is 9.32. The Morgan fingerprint density at radius 3 is 2.50 bits per heavy atom. The van der Waals surface area contributed by atoms with E-state index in [0.29, 0.717) is 6.42 Å². The van der Waals surface area contributed by atoms with Crippen molar-refractivity contribution in [3.05, 3.63) is 48.6 Å². The van der Waals surface area contributed by atoms with E-state index in [1.165, 1.54) is 12.8 Å². The molecule has 0 fully saturated rings. The van der Waals surface area contributed by atoms with E-state index in [-0.39, 0.29) is 0 Å². The molecular formula is C16H25NO. The SMILES string of the molecule is C=CC(O)(CCCCCC)C(N)c1ccccc1. The molecule has 100 valence electrons. The van der Waals surface area contributed by atoms with Crippen molar-refractivity contribution in [3.8, 4) is 0 Å². The second-order valence-electron chi connectivity index (χ2n) is 4.89. The minimum absolute atomic E-state index is 0.405. The standard InChI is InChI=1S/C16H25NO/c1-3-5-6-10-13-16(18,4-2)15(17)14-11-8-7-9-12-14/h4,7-9,11-12,15,18H,2-3,5-6,10,13,17H2,1H3.